The highest BCUT2D eigenvalue weighted by Crippen LogP contribution is 2.24. The number of rotatable bonds is 3. The summed E-state index contributed by atoms with van der Waals surface area (Å²) < 4.78 is 0. The van der Waals surface area contributed by atoms with Crippen molar-refractivity contribution in [1.82, 2.24) is 5.32 Å². The summed E-state index contributed by atoms with van der Waals surface area (Å²) >= 11 is 5.24. The van der Waals surface area contributed by atoms with Gasteiger partial charge < -0.3 is 5.32 Å². The van der Waals surface area contributed by atoms with E-state index in [1.165, 1.54) is 0 Å². The molecule has 0 aliphatic carbocycles. The second-order valence-electron chi connectivity index (χ2n) is 4.25. The fraction of sp³-hybridized carbons (Fsp3) is 0.385. The lowest BCUT2D eigenvalue weighted by molar-refractivity contribution is -0.118. The van der Waals surface area contributed by atoms with Crippen LogP contribution in [0.5, 0.6) is 0 Å². The van der Waals surface area contributed by atoms with Gasteiger partial charge >= 0.3 is 0 Å². The van der Waals surface area contributed by atoms with Crippen molar-refractivity contribution in [2.24, 2.45) is 0 Å². The van der Waals surface area contributed by atoms with Crippen molar-refractivity contribution >= 4 is 28.9 Å². The highest BCUT2D eigenvalue weighted by Gasteiger charge is 2.36. The lowest BCUT2D eigenvalue weighted by Gasteiger charge is -2.17. The fourth-order valence-electron chi connectivity index (χ4n) is 2.06. The molecule has 3 nitrogen and oxygen atoms in total. The van der Waals surface area contributed by atoms with Crippen LogP contribution in [0.3, 0.4) is 0 Å². The molecule has 90 valence electrons. The van der Waals surface area contributed by atoms with Gasteiger partial charge in [-0.3, -0.25) is 9.69 Å². The molecule has 1 saturated heterocycles. The molecule has 0 spiro atoms. The molecule has 1 fully saturated rings. The van der Waals surface area contributed by atoms with E-state index in [-0.39, 0.29) is 11.9 Å². The Balaban J connectivity index is 2.31. The SMILES string of the molecule is CCCC1NC(=S)N(c2ccccc2C)C1=O. The highest BCUT2D eigenvalue weighted by atomic mass is 32.1. The first-order valence-corrected chi connectivity index (χ1v) is 6.26. The standard InChI is InChI=1S/C13H16N2OS/c1-3-6-10-12(16)15(13(17)14-10)11-8-5-4-7-9(11)2/h4-5,7-8,10H,3,6H2,1-2H3,(H,14,17). The molecule has 17 heavy (non-hydrogen) atoms. The smallest absolute Gasteiger partial charge is 0.255 e. The lowest BCUT2D eigenvalue weighted by Crippen LogP contribution is -2.31. The van der Waals surface area contributed by atoms with Crippen molar-refractivity contribution in [2.75, 3.05) is 4.90 Å². The Labute approximate surface area is 107 Å². The number of nitrogens with one attached hydrogen (secondary N) is 1. The summed E-state index contributed by atoms with van der Waals surface area (Å²) in [6.07, 6.45) is 1.79. The summed E-state index contributed by atoms with van der Waals surface area (Å²) in [5, 5.41) is 3.60. The summed E-state index contributed by atoms with van der Waals surface area (Å²) in [7, 11) is 0. The molecule has 1 unspecified atom stereocenters. The predicted molar refractivity (Wildman–Crippen MR) is 73.1 cm³/mol. The van der Waals surface area contributed by atoms with E-state index in [0.717, 1.165) is 24.1 Å². The first-order chi connectivity index (χ1) is 8.15. The number of para-hydroxylation sites is 1. The molecule has 0 bridgehead atoms. The summed E-state index contributed by atoms with van der Waals surface area (Å²) in [4.78, 5) is 13.9. The molecule has 0 saturated carbocycles. The number of amides is 1. The van der Waals surface area contributed by atoms with Gasteiger partial charge in [0, 0.05) is 0 Å². The van der Waals surface area contributed by atoms with Gasteiger partial charge in [0.05, 0.1) is 5.69 Å². The van der Waals surface area contributed by atoms with E-state index in [1.54, 1.807) is 4.90 Å². The van der Waals surface area contributed by atoms with Gasteiger partial charge in [0.15, 0.2) is 5.11 Å². The van der Waals surface area contributed by atoms with Crippen LogP contribution >= 0.6 is 12.2 Å². The van der Waals surface area contributed by atoms with E-state index < -0.39 is 0 Å². The molecule has 1 heterocycles. The van der Waals surface area contributed by atoms with Crippen molar-refractivity contribution in [1.29, 1.82) is 0 Å². The number of benzene rings is 1. The molecule has 0 radical (unpaired) electrons. The summed E-state index contributed by atoms with van der Waals surface area (Å²) in [5.74, 6) is 0.0613. The molecule has 1 N–H and O–H groups in total. The second kappa shape index (κ2) is 4.84. The molecule has 1 aliphatic rings. The number of aryl methyl sites for hydroxylation is 1. The molecule has 1 aromatic carbocycles. The van der Waals surface area contributed by atoms with Crippen LogP contribution in [0.2, 0.25) is 0 Å². The van der Waals surface area contributed by atoms with Crippen molar-refractivity contribution < 1.29 is 4.79 Å². The third kappa shape index (κ3) is 2.17. The summed E-state index contributed by atoms with van der Waals surface area (Å²) in [6.45, 7) is 4.05. The van der Waals surface area contributed by atoms with Gasteiger partial charge in [0.25, 0.3) is 5.91 Å². The topological polar surface area (TPSA) is 32.3 Å². The molecular weight excluding hydrogens is 232 g/mol. The number of thiocarbonyl (C=S) groups is 1. The zero-order valence-electron chi connectivity index (χ0n) is 10.1. The maximum absolute atomic E-state index is 12.2. The molecular formula is C13H16N2OS. The van der Waals surface area contributed by atoms with Crippen LogP contribution in [0.1, 0.15) is 25.3 Å². The van der Waals surface area contributed by atoms with Gasteiger partial charge in [-0.15, -0.1) is 0 Å². The molecule has 1 amide bonds. The number of carbonyl (C=O) groups excluding carboxylic acids is 1. The average molecular weight is 248 g/mol. The van der Waals surface area contributed by atoms with Crippen LogP contribution < -0.4 is 10.2 Å². The lowest BCUT2D eigenvalue weighted by atomic mass is 10.1. The van der Waals surface area contributed by atoms with Gasteiger partial charge in [0.1, 0.15) is 6.04 Å². The summed E-state index contributed by atoms with van der Waals surface area (Å²) in [6, 6.07) is 7.63. The van der Waals surface area contributed by atoms with Crippen molar-refractivity contribution in [2.45, 2.75) is 32.7 Å². The van der Waals surface area contributed by atoms with Crippen LogP contribution in [-0.4, -0.2) is 17.1 Å². The Morgan fingerprint density at radius 1 is 1.41 bits per heavy atom. The first-order valence-electron chi connectivity index (χ1n) is 5.85. The van der Waals surface area contributed by atoms with Crippen LogP contribution in [0.25, 0.3) is 0 Å². The highest BCUT2D eigenvalue weighted by molar-refractivity contribution is 7.80. The molecule has 0 aromatic heterocycles. The zero-order valence-corrected chi connectivity index (χ0v) is 10.9. The quantitative estimate of drug-likeness (QED) is 0.834. The number of hydrogen-bond acceptors (Lipinski definition) is 2. The van der Waals surface area contributed by atoms with E-state index in [4.69, 9.17) is 12.2 Å². The van der Waals surface area contributed by atoms with E-state index in [2.05, 4.69) is 12.2 Å². The van der Waals surface area contributed by atoms with E-state index in [0.29, 0.717) is 5.11 Å². The van der Waals surface area contributed by atoms with Crippen molar-refractivity contribution in [3.8, 4) is 0 Å². The van der Waals surface area contributed by atoms with Gasteiger partial charge in [-0.25, -0.2) is 0 Å². The van der Waals surface area contributed by atoms with Crippen LogP contribution in [-0.2, 0) is 4.79 Å². The minimum atomic E-state index is -0.160. The van der Waals surface area contributed by atoms with Crippen molar-refractivity contribution in [3.05, 3.63) is 29.8 Å². The van der Waals surface area contributed by atoms with Crippen LogP contribution in [0.4, 0.5) is 5.69 Å². The van der Waals surface area contributed by atoms with E-state index in [9.17, 15) is 4.79 Å². The first kappa shape index (κ1) is 12.0. The van der Waals surface area contributed by atoms with Crippen LogP contribution in [0, 0.1) is 6.92 Å². The molecule has 1 aliphatic heterocycles. The van der Waals surface area contributed by atoms with Gasteiger partial charge in [-0.2, -0.15) is 0 Å². The Bertz CT molecular complexity index is 458. The number of nitrogens with zero attached hydrogens (tertiary/aromatic N) is 1. The monoisotopic (exact) mass is 248 g/mol. The van der Waals surface area contributed by atoms with Crippen LogP contribution in [0.15, 0.2) is 24.3 Å². The molecule has 4 heteroatoms. The summed E-state index contributed by atoms with van der Waals surface area (Å²) in [5.41, 5.74) is 1.94. The van der Waals surface area contributed by atoms with E-state index in [1.807, 2.05) is 31.2 Å². The third-order valence-corrected chi connectivity index (χ3v) is 3.25. The Morgan fingerprint density at radius 3 is 2.76 bits per heavy atom. The fourth-order valence-corrected chi connectivity index (χ4v) is 2.39. The minimum absolute atomic E-state index is 0.0613. The maximum Gasteiger partial charge on any atom is 0.255 e. The Morgan fingerprint density at radius 2 is 2.12 bits per heavy atom. The van der Waals surface area contributed by atoms with Crippen molar-refractivity contribution in [3.63, 3.8) is 0 Å². The number of hydrogen-bond donors (Lipinski definition) is 1. The predicted octanol–water partition coefficient (Wildman–Crippen LogP) is 2.38. The Kier molecular flexibility index (Phi) is 3.43. The zero-order chi connectivity index (χ0) is 12.4. The number of anilines is 1. The molecule has 1 atom stereocenters. The number of carbonyl (C=O) groups is 1. The van der Waals surface area contributed by atoms with Gasteiger partial charge in [0.2, 0.25) is 0 Å². The Hall–Kier alpha value is -1.42. The van der Waals surface area contributed by atoms with Gasteiger partial charge in [-0.1, -0.05) is 31.5 Å². The largest absolute Gasteiger partial charge is 0.350 e. The molecule has 1 aromatic rings. The third-order valence-electron chi connectivity index (χ3n) is 2.95. The second-order valence-corrected chi connectivity index (χ2v) is 4.64. The average Bonchev–Trinajstić information content (AvgIpc) is 2.57. The molecule has 2 rings (SSSR count). The van der Waals surface area contributed by atoms with E-state index >= 15 is 0 Å². The minimum Gasteiger partial charge on any atom is -0.350 e. The maximum atomic E-state index is 12.2. The normalized spacial score (nSPS) is 19.6. The van der Waals surface area contributed by atoms with Gasteiger partial charge in [-0.05, 0) is 37.2 Å².